The van der Waals surface area contributed by atoms with Crippen LogP contribution in [0.5, 0.6) is 0 Å². The summed E-state index contributed by atoms with van der Waals surface area (Å²) in [5, 5.41) is 3.32. The summed E-state index contributed by atoms with van der Waals surface area (Å²) in [6, 6.07) is 7.98. The van der Waals surface area contributed by atoms with Crippen LogP contribution in [0.15, 0.2) is 30.5 Å². The Kier molecular flexibility index (Phi) is 5.88. The number of pyridine rings is 1. The maximum atomic E-state index is 13.1. The lowest BCUT2D eigenvalue weighted by Gasteiger charge is -2.35. The number of fused-ring (bicyclic) bond motifs is 2. The Labute approximate surface area is 196 Å². The van der Waals surface area contributed by atoms with E-state index in [1.54, 1.807) is 4.90 Å². The summed E-state index contributed by atoms with van der Waals surface area (Å²) >= 11 is 1.43. The van der Waals surface area contributed by atoms with Crippen LogP contribution in [0, 0.1) is 0 Å². The molecule has 1 aromatic carbocycles. The number of ether oxygens (including phenoxy) is 1. The van der Waals surface area contributed by atoms with Crippen molar-refractivity contribution >= 4 is 50.2 Å². The molecule has 1 saturated carbocycles. The fraction of sp³-hybridized carbons (Fsp3) is 0.417. The third-order valence-corrected chi connectivity index (χ3v) is 7.14. The highest BCUT2D eigenvalue weighted by atomic mass is 32.1. The van der Waals surface area contributed by atoms with Gasteiger partial charge >= 0.3 is 6.09 Å². The molecule has 0 spiro atoms. The molecule has 3 aromatic rings. The summed E-state index contributed by atoms with van der Waals surface area (Å²) < 4.78 is 6.83. The summed E-state index contributed by atoms with van der Waals surface area (Å²) in [6.07, 6.45) is 6.90. The minimum Gasteiger partial charge on any atom is -0.446 e. The number of carbonyl (C=O) groups is 2. The molecule has 3 heterocycles. The van der Waals surface area contributed by atoms with Crippen molar-refractivity contribution in [1.29, 1.82) is 0 Å². The second kappa shape index (κ2) is 8.97. The second-order valence-corrected chi connectivity index (χ2v) is 9.70. The van der Waals surface area contributed by atoms with Crippen LogP contribution in [-0.2, 0) is 9.53 Å². The van der Waals surface area contributed by atoms with Crippen molar-refractivity contribution in [2.75, 3.05) is 35.3 Å². The number of rotatable bonds is 3. The van der Waals surface area contributed by atoms with E-state index in [-0.39, 0.29) is 18.1 Å². The largest absolute Gasteiger partial charge is 0.446 e. The summed E-state index contributed by atoms with van der Waals surface area (Å²) in [4.78, 5) is 37.3. The van der Waals surface area contributed by atoms with Crippen LogP contribution in [0.1, 0.15) is 39.0 Å². The molecule has 0 saturated heterocycles. The van der Waals surface area contributed by atoms with Crippen LogP contribution in [0.4, 0.5) is 21.4 Å². The van der Waals surface area contributed by atoms with Gasteiger partial charge in [0.2, 0.25) is 5.91 Å². The van der Waals surface area contributed by atoms with Gasteiger partial charge in [0.1, 0.15) is 6.10 Å². The Balaban J connectivity index is 1.45. The number of aromatic nitrogens is 2. The van der Waals surface area contributed by atoms with E-state index >= 15 is 0 Å². The van der Waals surface area contributed by atoms with Crippen molar-refractivity contribution in [2.24, 2.45) is 0 Å². The van der Waals surface area contributed by atoms with Crippen molar-refractivity contribution in [3.8, 4) is 11.1 Å². The van der Waals surface area contributed by atoms with Gasteiger partial charge in [-0.15, -0.1) is 0 Å². The molecule has 9 heteroatoms. The molecule has 1 aliphatic carbocycles. The fourth-order valence-electron chi connectivity index (χ4n) is 4.46. The molecular formula is C24H27N5O3S. The Morgan fingerprint density at radius 1 is 1.12 bits per heavy atom. The lowest BCUT2D eigenvalue weighted by Crippen LogP contribution is -2.44. The van der Waals surface area contributed by atoms with Crippen LogP contribution in [0.25, 0.3) is 21.3 Å². The Hall–Kier alpha value is -3.20. The highest BCUT2D eigenvalue weighted by Gasteiger charge is 2.30. The van der Waals surface area contributed by atoms with E-state index in [1.165, 1.54) is 24.7 Å². The smallest absolute Gasteiger partial charge is 0.414 e. The SMILES string of the molecule is CC(=O)Nc1nc2ccc(-c3cnc4c(c3)N(C(=O)OC3CCCCC3)CCN4C)cc2s1. The third-order valence-electron chi connectivity index (χ3n) is 6.20. The number of nitrogens with zero attached hydrogens (tertiary/aromatic N) is 4. The van der Waals surface area contributed by atoms with E-state index in [4.69, 9.17) is 4.74 Å². The highest BCUT2D eigenvalue weighted by Crippen LogP contribution is 2.36. The molecule has 172 valence electrons. The van der Waals surface area contributed by atoms with Crippen molar-refractivity contribution < 1.29 is 14.3 Å². The molecule has 0 radical (unpaired) electrons. The van der Waals surface area contributed by atoms with Gasteiger partial charge in [-0.2, -0.15) is 0 Å². The molecule has 8 nitrogen and oxygen atoms in total. The maximum Gasteiger partial charge on any atom is 0.414 e. The zero-order valence-electron chi connectivity index (χ0n) is 18.8. The van der Waals surface area contributed by atoms with E-state index in [0.717, 1.165) is 58.5 Å². The summed E-state index contributed by atoms with van der Waals surface area (Å²) in [5.41, 5.74) is 3.49. The van der Waals surface area contributed by atoms with E-state index in [2.05, 4.69) is 20.2 Å². The number of amides is 2. The number of nitrogens with one attached hydrogen (secondary N) is 1. The number of anilines is 3. The molecule has 2 aromatic heterocycles. The second-order valence-electron chi connectivity index (χ2n) is 8.67. The first kappa shape index (κ1) is 21.6. The average molecular weight is 466 g/mol. The van der Waals surface area contributed by atoms with Gasteiger partial charge in [0.15, 0.2) is 10.9 Å². The monoisotopic (exact) mass is 465 g/mol. The quantitative estimate of drug-likeness (QED) is 0.583. The number of likely N-dealkylation sites (N-methyl/N-ethyl adjacent to an activating group) is 1. The van der Waals surface area contributed by atoms with Crippen LogP contribution in [0.3, 0.4) is 0 Å². The summed E-state index contributed by atoms with van der Waals surface area (Å²) in [5.74, 6) is 0.634. The van der Waals surface area contributed by atoms with Gasteiger partial charge in [-0.1, -0.05) is 23.8 Å². The molecule has 1 aliphatic heterocycles. The first-order chi connectivity index (χ1) is 16.0. The molecular weight excluding hydrogens is 438 g/mol. The molecule has 2 aliphatic rings. The Morgan fingerprint density at radius 3 is 2.73 bits per heavy atom. The van der Waals surface area contributed by atoms with Crippen molar-refractivity contribution in [2.45, 2.75) is 45.1 Å². The zero-order valence-corrected chi connectivity index (χ0v) is 19.7. The maximum absolute atomic E-state index is 13.1. The minimum absolute atomic E-state index is 0.0111. The number of hydrogen-bond acceptors (Lipinski definition) is 7. The highest BCUT2D eigenvalue weighted by molar-refractivity contribution is 7.22. The number of carbonyl (C=O) groups excluding carboxylic acids is 2. The fourth-order valence-corrected chi connectivity index (χ4v) is 5.41. The van der Waals surface area contributed by atoms with Crippen molar-refractivity contribution in [3.05, 3.63) is 30.5 Å². The van der Waals surface area contributed by atoms with E-state index in [9.17, 15) is 9.59 Å². The molecule has 1 N–H and O–H groups in total. The molecule has 5 rings (SSSR count). The standard InChI is InChI=1S/C24H27N5O3S/c1-15(30)26-23-27-19-9-8-16(13-21(19)33-23)17-12-20-22(25-14-17)28(2)10-11-29(20)24(31)32-18-6-4-3-5-7-18/h8-9,12-14,18H,3-7,10-11H2,1-2H3,(H,26,27,30). The Bertz CT molecular complexity index is 1200. The number of benzene rings is 1. The van der Waals surface area contributed by atoms with E-state index in [0.29, 0.717) is 18.2 Å². The predicted octanol–water partition coefficient (Wildman–Crippen LogP) is 5.04. The van der Waals surface area contributed by atoms with Gasteiger partial charge in [-0.3, -0.25) is 9.69 Å². The average Bonchev–Trinajstić information content (AvgIpc) is 3.20. The van der Waals surface area contributed by atoms with Gasteiger partial charge in [0.25, 0.3) is 0 Å². The normalized spacial score (nSPS) is 16.5. The number of hydrogen-bond donors (Lipinski definition) is 1. The lowest BCUT2D eigenvalue weighted by molar-refractivity contribution is -0.114. The molecule has 0 bridgehead atoms. The third kappa shape index (κ3) is 4.50. The zero-order chi connectivity index (χ0) is 22.9. The summed E-state index contributed by atoms with van der Waals surface area (Å²) in [6.45, 7) is 2.74. The molecule has 0 atom stereocenters. The molecule has 1 fully saturated rings. The predicted molar refractivity (Wildman–Crippen MR) is 131 cm³/mol. The van der Waals surface area contributed by atoms with Gasteiger partial charge < -0.3 is 15.0 Å². The van der Waals surface area contributed by atoms with Crippen LogP contribution < -0.4 is 15.1 Å². The van der Waals surface area contributed by atoms with E-state index in [1.807, 2.05) is 37.5 Å². The van der Waals surface area contributed by atoms with Gasteiger partial charge in [-0.25, -0.2) is 14.8 Å². The Morgan fingerprint density at radius 2 is 1.94 bits per heavy atom. The first-order valence-electron chi connectivity index (χ1n) is 11.4. The van der Waals surface area contributed by atoms with Gasteiger partial charge in [-0.05, 0) is 49.4 Å². The van der Waals surface area contributed by atoms with Gasteiger partial charge in [0, 0.05) is 38.8 Å². The number of thiazole rings is 1. The van der Waals surface area contributed by atoms with E-state index < -0.39 is 0 Å². The van der Waals surface area contributed by atoms with Crippen molar-refractivity contribution in [3.63, 3.8) is 0 Å². The van der Waals surface area contributed by atoms with Gasteiger partial charge in [0.05, 0.1) is 15.9 Å². The molecule has 33 heavy (non-hydrogen) atoms. The van der Waals surface area contributed by atoms with Crippen LogP contribution in [0.2, 0.25) is 0 Å². The molecule has 0 unspecified atom stereocenters. The topological polar surface area (TPSA) is 87.7 Å². The summed E-state index contributed by atoms with van der Waals surface area (Å²) in [7, 11) is 1.99. The van der Waals surface area contributed by atoms with Crippen LogP contribution >= 0.6 is 11.3 Å². The lowest BCUT2D eigenvalue weighted by atomic mass is 9.98. The minimum atomic E-state index is -0.284. The molecule has 2 amide bonds. The first-order valence-corrected chi connectivity index (χ1v) is 12.2. The van der Waals surface area contributed by atoms with Crippen LogP contribution in [-0.4, -0.2) is 48.2 Å². The van der Waals surface area contributed by atoms with Crippen molar-refractivity contribution in [1.82, 2.24) is 9.97 Å².